The lowest BCUT2D eigenvalue weighted by Crippen LogP contribution is -2.45. The SMILES string of the molecule is CN1N=C(C(=O)N2CCC[C@@H](c3[nH]ncc3Cc3ccccc3)C2)CCC1=O. The fourth-order valence-corrected chi connectivity index (χ4v) is 4.03. The minimum atomic E-state index is -0.0480. The molecule has 7 heteroatoms. The third kappa shape index (κ3) is 3.83. The van der Waals surface area contributed by atoms with Crippen LogP contribution in [-0.2, 0) is 16.0 Å². The fraction of sp³-hybridized carbons (Fsp3) is 0.429. The second kappa shape index (κ2) is 7.96. The van der Waals surface area contributed by atoms with Crippen LogP contribution in [0.15, 0.2) is 41.6 Å². The molecule has 0 bridgehead atoms. The summed E-state index contributed by atoms with van der Waals surface area (Å²) in [7, 11) is 1.61. The molecule has 1 fully saturated rings. The Balaban J connectivity index is 1.48. The molecule has 3 heterocycles. The summed E-state index contributed by atoms with van der Waals surface area (Å²) in [4.78, 5) is 26.4. The van der Waals surface area contributed by atoms with Gasteiger partial charge in [-0.15, -0.1) is 0 Å². The van der Waals surface area contributed by atoms with Crippen LogP contribution in [0.3, 0.4) is 0 Å². The van der Waals surface area contributed by atoms with Gasteiger partial charge in [-0.3, -0.25) is 14.7 Å². The van der Waals surface area contributed by atoms with Crippen LogP contribution in [0.4, 0.5) is 0 Å². The summed E-state index contributed by atoms with van der Waals surface area (Å²) in [6.45, 7) is 1.38. The molecule has 0 spiro atoms. The van der Waals surface area contributed by atoms with Gasteiger partial charge in [0.15, 0.2) is 0 Å². The Morgan fingerprint density at radius 3 is 2.86 bits per heavy atom. The Bertz CT molecular complexity index is 889. The highest BCUT2D eigenvalue weighted by molar-refractivity contribution is 6.39. The quantitative estimate of drug-likeness (QED) is 0.885. The van der Waals surface area contributed by atoms with Crippen molar-refractivity contribution in [1.82, 2.24) is 20.1 Å². The van der Waals surface area contributed by atoms with E-state index in [9.17, 15) is 9.59 Å². The molecule has 2 aromatic rings. The molecule has 2 aliphatic rings. The van der Waals surface area contributed by atoms with Crippen LogP contribution in [-0.4, -0.2) is 57.8 Å². The van der Waals surface area contributed by atoms with E-state index in [1.54, 1.807) is 7.05 Å². The highest BCUT2D eigenvalue weighted by atomic mass is 16.2. The number of hydrazone groups is 1. The largest absolute Gasteiger partial charge is 0.337 e. The molecule has 4 rings (SSSR count). The number of likely N-dealkylation sites (tertiary alicyclic amines) is 1. The number of H-pyrrole nitrogens is 1. The van der Waals surface area contributed by atoms with Crippen LogP contribution >= 0.6 is 0 Å². The highest BCUT2D eigenvalue weighted by Gasteiger charge is 2.31. The van der Waals surface area contributed by atoms with Gasteiger partial charge in [0.1, 0.15) is 5.71 Å². The van der Waals surface area contributed by atoms with Crippen LogP contribution < -0.4 is 0 Å². The molecule has 1 aromatic carbocycles. The number of piperidine rings is 1. The molecule has 0 radical (unpaired) electrons. The van der Waals surface area contributed by atoms with Crippen molar-refractivity contribution < 1.29 is 9.59 Å². The maximum atomic E-state index is 12.9. The summed E-state index contributed by atoms with van der Waals surface area (Å²) < 4.78 is 0. The topological polar surface area (TPSA) is 81.7 Å². The Morgan fingerprint density at radius 1 is 1.25 bits per heavy atom. The van der Waals surface area contributed by atoms with Gasteiger partial charge in [-0.05, 0) is 24.0 Å². The van der Waals surface area contributed by atoms with E-state index in [1.165, 1.54) is 16.1 Å². The Morgan fingerprint density at radius 2 is 2.07 bits per heavy atom. The molecule has 1 atom stereocenters. The van der Waals surface area contributed by atoms with Crippen molar-refractivity contribution in [2.24, 2.45) is 5.10 Å². The zero-order valence-corrected chi connectivity index (χ0v) is 16.1. The molecule has 2 amide bonds. The monoisotopic (exact) mass is 379 g/mol. The van der Waals surface area contributed by atoms with Crippen molar-refractivity contribution in [3.8, 4) is 0 Å². The van der Waals surface area contributed by atoms with E-state index in [0.29, 0.717) is 25.1 Å². The number of hydrogen-bond acceptors (Lipinski definition) is 4. The van der Waals surface area contributed by atoms with Gasteiger partial charge in [0.2, 0.25) is 5.91 Å². The number of amides is 2. The number of nitrogens with one attached hydrogen (secondary N) is 1. The van der Waals surface area contributed by atoms with Crippen molar-refractivity contribution in [1.29, 1.82) is 0 Å². The van der Waals surface area contributed by atoms with Crippen molar-refractivity contribution in [2.45, 2.75) is 38.0 Å². The number of benzene rings is 1. The van der Waals surface area contributed by atoms with Crippen LogP contribution in [0.25, 0.3) is 0 Å². The van der Waals surface area contributed by atoms with E-state index in [1.807, 2.05) is 29.3 Å². The second-order valence-electron chi connectivity index (χ2n) is 7.53. The van der Waals surface area contributed by atoms with Crippen LogP contribution in [0.2, 0.25) is 0 Å². The second-order valence-corrected chi connectivity index (χ2v) is 7.53. The third-order valence-corrected chi connectivity index (χ3v) is 5.56. The standard InChI is InChI=1S/C21H25N5O2/c1-25-19(27)10-9-18(24-25)21(28)26-11-5-8-16(14-26)20-17(13-22-23-20)12-15-6-3-2-4-7-15/h2-4,6-7,13,16H,5,8-12,14H2,1H3,(H,22,23)/t16-/m1/s1. The van der Waals surface area contributed by atoms with Gasteiger partial charge in [0.25, 0.3) is 5.91 Å². The summed E-state index contributed by atoms with van der Waals surface area (Å²) >= 11 is 0. The lowest BCUT2D eigenvalue weighted by molar-refractivity contribution is -0.130. The maximum Gasteiger partial charge on any atom is 0.270 e. The van der Waals surface area contributed by atoms with Crippen LogP contribution in [0.5, 0.6) is 0 Å². The first kappa shape index (κ1) is 18.4. The Hall–Kier alpha value is -2.96. The fourth-order valence-electron chi connectivity index (χ4n) is 4.03. The Labute approximate surface area is 164 Å². The molecule has 146 valence electrons. The molecule has 0 unspecified atom stereocenters. The molecular formula is C21H25N5O2. The summed E-state index contributed by atoms with van der Waals surface area (Å²) in [5.74, 6) is 0.145. The molecule has 0 saturated carbocycles. The predicted molar refractivity (Wildman–Crippen MR) is 106 cm³/mol. The number of aromatic nitrogens is 2. The predicted octanol–water partition coefficient (Wildman–Crippen LogP) is 2.31. The minimum Gasteiger partial charge on any atom is -0.337 e. The van der Waals surface area contributed by atoms with Gasteiger partial charge >= 0.3 is 0 Å². The molecule has 0 aliphatic carbocycles. The van der Waals surface area contributed by atoms with Gasteiger partial charge in [-0.2, -0.15) is 10.2 Å². The molecule has 1 saturated heterocycles. The normalized spacial score (nSPS) is 20.2. The number of nitrogens with zero attached hydrogens (tertiary/aromatic N) is 4. The maximum absolute atomic E-state index is 12.9. The number of carbonyl (C=O) groups excluding carboxylic acids is 2. The first-order valence-electron chi connectivity index (χ1n) is 9.81. The first-order chi connectivity index (χ1) is 13.6. The highest BCUT2D eigenvalue weighted by Crippen LogP contribution is 2.29. The first-order valence-corrected chi connectivity index (χ1v) is 9.81. The van der Waals surface area contributed by atoms with Gasteiger partial charge in [-0.25, -0.2) is 5.01 Å². The molecule has 7 nitrogen and oxygen atoms in total. The zero-order valence-electron chi connectivity index (χ0n) is 16.1. The molecule has 1 aromatic heterocycles. The average molecular weight is 379 g/mol. The van der Waals surface area contributed by atoms with E-state index < -0.39 is 0 Å². The van der Waals surface area contributed by atoms with Gasteiger partial charge in [0, 0.05) is 51.0 Å². The van der Waals surface area contributed by atoms with Gasteiger partial charge in [-0.1, -0.05) is 30.3 Å². The molecule has 2 aliphatic heterocycles. The lowest BCUT2D eigenvalue weighted by atomic mass is 9.90. The van der Waals surface area contributed by atoms with Gasteiger partial charge in [0.05, 0.1) is 6.20 Å². The van der Waals surface area contributed by atoms with E-state index in [4.69, 9.17) is 0 Å². The number of aromatic amines is 1. The smallest absolute Gasteiger partial charge is 0.270 e. The summed E-state index contributed by atoms with van der Waals surface area (Å²) in [6, 6.07) is 10.3. The molecular weight excluding hydrogens is 354 g/mol. The Kier molecular flexibility index (Phi) is 5.23. The van der Waals surface area contributed by atoms with Crippen molar-refractivity contribution in [3.05, 3.63) is 53.3 Å². The average Bonchev–Trinajstić information content (AvgIpc) is 3.18. The molecule has 1 N–H and O–H groups in total. The van der Waals surface area contributed by atoms with Crippen molar-refractivity contribution >= 4 is 17.5 Å². The number of rotatable bonds is 4. The summed E-state index contributed by atoms with van der Waals surface area (Å²) in [5, 5.41) is 12.9. The van der Waals surface area contributed by atoms with E-state index in [2.05, 4.69) is 27.4 Å². The summed E-state index contributed by atoms with van der Waals surface area (Å²) in [6.07, 6.45) is 5.47. The van der Waals surface area contributed by atoms with E-state index >= 15 is 0 Å². The van der Waals surface area contributed by atoms with E-state index in [-0.39, 0.29) is 17.7 Å². The minimum absolute atomic E-state index is 0.0453. The lowest BCUT2D eigenvalue weighted by Gasteiger charge is -2.33. The molecule has 28 heavy (non-hydrogen) atoms. The van der Waals surface area contributed by atoms with Crippen LogP contribution in [0, 0.1) is 0 Å². The number of hydrogen-bond donors (Lipinski definition) is 1. The zero-order chi connectivity index (χ0) is 19.5. The summed E-state index contributed by atoms with van der Waals surface area (Å²) in [5.41, 5.74) is 4.04. The van der Waals surface area contributed by atoms with E-state index in [0.717, 1.165) is 31.5 Å². The van der Waals surface area contributed by atoms with Gasteiger partial charge < -0.3 is 4.90 Å². The number of carbonyl (C=O) groups is 2. The van der Waals surface area contributed by atoms with Crippen molar-refractivity contribution in [3.63, 3.8) is 0 Å². The van der Waals surface area contributed by atoms with Crippen molar-refractivity contribution in [2.75, 3.05) is 20.1 Å². The third-order valence-electron chi connectivity index (χ3n) is 5.56. The van der Waals surface area contributed by atoms with Crippen LogP contribution in [0.1, 0.15) is 48.4 Å².